The SMILES string of the molecule is Cc1cc2nc(-c3ccc4c(c3)c(N3CCC(C)CC3)nn4C)sc2c(-c2ccc(Cl)cc2)c1[C@H](OC1CC1)C(=O)O. The first kappa shape index (κ1) is 27.4. The van der Waals surface area contributed by atoms with Gasteiger partial charge in [0.05, 0.1) is 21.8 Å². The quantitative estimate of drug-likeness (QED) is 0.204. The maximum absolute atomic E-state index is 12.6. The number of benzene rings is 3. The van der Waals surface area contributed by atoms with Gasteiger partial charge in [-0.3, -0.25) is 4.68 Å². The molecule has 2 fully saturated rings. The number of ether oxygens (including phenoxy) is 1. The summed E-state index contributed by atoms with van der Waals surface area (Å²) in [5, 5.41) is 17.8. The van der Waals surface area contributed by atoms with Gasteiger partial charge in [-0.15, -0.1) is 11.3 Å². The van der Waals surface area contributed by atoms with Gasteiger partial charge in [0.1, 0.15) is 5.01 Å². The van der Waals surface area contributed by atoms with E-state index in [9.17, 15) is 9.90 Å². The number of aromatic nitrogens is 3. The van der Waals surface area contributed by atoms with Crippen LogP contribution >= 0.6 is 22.9 Å². The van der Waals surface area contributed by atoms with E-state index >= 15 is 0 Å². The molecule has 1 aliphatic carbocycles. The molecule has 0 amide bonds. The molecule has 216 valence electrons. The summed E-state index contributed by atoms with van der Waals surface area (Å²) in [5.74, 6) is 0.794. The van der Waals surface area contributed by atoms with Gasteiger partial charge < -0.3 is 14.7 Å². The van der Waals surface area contributed by atoms with Crippen LogP contribution in [0.1, 0.15) is 49.8 Å². The van der Waals surface area contributed by atoms with Crippen LogP contribution in [-0.4, -0.2) is 45.0 Å². The molecule has 1 aliphatic heterocycles. The van der Waals surface area contributed by atoms with Gasteiger partial charge in [-0.1, -0.05) is 30.7 Å². The van der Waals surface area contributed by atoms with E-state index in [1.807, 2.05) is 49.0 Å². The Kier molecular flexibility index (Phi) is 6.95. The fourth-order valence-corrected chi connectivity index (χ4v) is 7.30. The Labute approximate surface area is 253 Å². The first-order valence-corrected chi connectivity index (χ1v) is 15.8. The van der Waals surface area contributed by atoms with Gasteiger partial charge in [-0.2, -0.15) is 5.10 Å². The second kappa shape index (κ2) is 10.7. The molecule has 1 saturated carbocycles. The molecule has 3 aromatic carbocycles. The van der Waals surface area contributed by atoms with E-state index in [0.29, 0.717) is 10.6 Å². The number of aryl methyl sites for hydroxylation is 2. The molecule has 7 nitrogen and oxygen atoms in total. The molecule has 42 heavy (non-hydrogen) atoms. The lowest BCUT2D eigenvalue weighted by atomic mass is 9.91. The average molecular weight is 601 g/mol. The van der Waals surface area contributed by atoms with Crippen LogP contribution < -0.4 is 4.90 Å². The van der Waals surface area contributed by atoms with E-state index in [4.69, 9.17) is 26.4 Å². The lowest BCUT2D eigenvalue weighted by Gasteiger charge is -2.30. The number of halogens is 1. The van der Waals surface area contributed by atoms with E-state index in [0.717, 1.165) is 86.0 Å². The Balaban J connectivity index is 1.39. The van der Waals surface area contributed by atoms with Gasteiger partial charge in [0.2, 0.25) is 0 Å². The highest BCUT2D eigenvalue weighted by Gasteiger charge is 2.35. The molecular weight excluding hydrogens is 568 g/mol. The zero-order valence-corrected chi connectivity index (χ0v) is 25.5. The minimum absolute atomic E-state index is 0.0141. The summed E-state index contributed by atoms with van der Waals surface area (Å²) in [4.78, 5) is 20.1. The second-order valence-corrected chi connectivity index (χ2v) is 13.2. The molecule has 9 heteroatoms. The maximum Gasteiger partial charge on any atom is 0.337 e. The van der Waals surface area contributed by atoms with Crippen molar-refractivity contribution < 1.29 is 14.6 Å². The second-order valence-electron chi connectivity index (χ2n) is 11.8. The maximum atomic E-state index is 12.6. The number of nitrogens with zero attached hydrogens (tertiary/aromatic N) is 4. The van der Waals surface area contributed by atoms with Crippen molar-refractivity contribution in [2.75, 3.05) is 18.0 Å². The summed E-state index contributed by atoms with van der Waals surface area (Å²) >= 11 is 7.84. The van der Waals surface area contributed by atoms with Crippen LogP contribution in [0.5, 0.6) is 0 Å². The van der Waals surface area contributed by atoms with Crippen LogP contribution in [0.25, 0.3) is 42.8 Å². The van der Waals surface area contributed by atoms with Crippen LogP contribution in [0.4, 0.5) is 5.82 Å². The Morgan fingerprint density at radius 2 is 1.79 bits per heavy atom. The number of thiazole rings is 1. The molecule has 5 aromatic rings. The fourth-order valence-electron chi connectivity index (χ4n) is 6.06. The van der Waals surface area contributed by atoms with Crippen LogP contribution in [0.3, 0.4) is 0 Å². The summed E-state index contributed by atoms with van der Waals surface area (Å²) in [6.07, 6.45) is 3.06. The Hall–Kier alpha value is -3.46. The minimum Gasteiger partial charge on any atom is -0.479 e. The number of carboxylic acid groups (broad SMARTS) is 1. The fraction of sp³-hybridized carbons (Fsp3) is 0.364. The third-order valence-electron chi connectivity index (χ3n) is 8.56. The number of rotatable bonds is 7. The number of hydrogen-bond donors (Lipinski definition) is 1. The lowest BCUT2D eigenvalue weighted by Crippen LogP contribution is -2.33. The highest BCUT2D eigenvalue weighted by molar-refractivity contribution is 7.22. The van der Waals surface area contributed by atoms with E-state index in [2.05, 4.69) is 30.0 Å². The van der Waals surface area contributed by atoms with Crippen LogP contribution in [0.2, 0.25) is 5.02 Å². The van der Waals surface area contributed by atoms with Gasteiger partial charge >= 0.3 is 5.97 Å². The Morgan fingerprint density at radius 1 is 1.07 bits per heavy atom. The van der Waals surface area contributed by atoms with Crippen molar-refractivity contribution >= 4 is 55.8 Å². The molecule has 7 rings (SSSR count). The number of anilines is 1. The van der Waals surface area contributed by atoms with Gasteiger partial charge in [0, 0.05) is 47.2 Å². The molecule has 1 saturated heterocycles. The summed E-state index contributed by atoms with van der Waals surface area (Å²) < 4.78 is 8.99. The topological polar surface area (TPSA) is 80.5 Å². The number of carboxylic acids is 1. The predicted octanol–water partition coefficient (Wildman–Crippen LogP) is 8.02. The molecular formula is C33H33ClN4O3S. The number of fused-ring (bicyclic) bond motifs is 2. The van der Waals surface area contributed by atoms with E-state index in [-0.39, 0.29) is 6.10 Å². The number of hydrogen-bond acceptors (Lipinski definition) is 6. The molecule has 3 heterocycles. The van der Waals surface area contributed by atoms with Crippen LogP contribution in [0.15, 0.2) is 48.5 Å². The van der Waals surface area contributed by atoms with E-state index < -0.39 is 12.1 Å². The number of piperidine rings is 1. The Bertz CT molecular complexity index is 1820. The van der Waals surface area contributed by atoms with Gasteiger partial charge in [-0.05, 0) is 86.1 Å². The third kappa shape index (κ3) is 4.95. The summed E-state index contributed by atoms with van der Waals surface area (Å²) in [7, 11) is 2.00. The predicted molar refractivity (Wildman–Crippen MR) is 170 cm³/mol. The molecule has 1 N–H and O–H groups in total. The van der Waals surface area contributed by atoms with Crippen LogP contribution in [-0.2, 0) is 16.6 Å². The zero-order valence-electron chi connectivity index (χ0n) is 23.9. The third-order valence-corrected chi connectivity index (χ3v) is 9.95. The molecule has 0 bridgehead atoms. The van der Waals surface area contributed by atoms with Crippen molar-refractivity contribution in [2.24, 2.45) is 13.0 Å². The molecule has 0 radical (unpaired) electrons. The average Bonchev–Trinajstić information content (AvgIpc) is 3.61. The molecule has 2 aliphatic rings. The Morgan fingerprint density at radius 3 is 2.48 bits per heavy atom. The van der Waals surface area contributed by atoms with E-state index in [1.165, 1.54) is 12.8 Å². The van der Waals surface area contributed by atoms with Crippen molar-refractivity contribution in [3.63, 3.8) is 0 Å². The standard InChI is InChI=1S/C33H33ClN4O3S/c1-18-12-14-38(15-13-18)31-24-17-21(6-11-26(24)37(3)36-31)32-35-25-16-19(2)27(29(33(39)40)41-23-9-10-23)28(30(25)42-32)20-4-7-22(34)8-5-20/h4-8,11,16-18,23,29H,9-10,12-15H2,1-3H3,(H,39,40)/t29-/m0/s1. The van der Waals surface area contributed by atoms with Crippen LogP contribution in [0, 0.1) is 12.8 Å². The highest BCUT2D eigenvalue weighted by Crippen LogP contribution is 2.45. The van der Waals surface area contributed by atoms with Crippen molar-refractivity contribution in [1.29, 1.82) is 0 Å². The van der Waals surface area contributed by atoms with Gasteiger partial charge in [0.25, 0.3) is 0 Å². The summed E-state index contributed by atoms with van der Waals surface area (Å²) in [6, 6.07) is 16.0. The van der Waals surface area contributed by atoms with Crippen molar-refractivity contribution in [3.05, 3.63) is 64.7 Å². The van der Waals surface area contributed by atoms with Crippen molar-refractivity contribution in [3.8, 4) is 21.7 Å². The molecule has 0 unspecified atom stereocenters. The number of carbonyl (C=O) groups is 1. The summed E-state index contributed by atoms with van der Waals surface area (Å²) in [5.41, 5.74) is 6.24. The minimum atomic E-state index is -1.06. The monoisotopic (exact) mass is 600 g/mol. The van der Waals surface area contributed by atoms with Gasteiger partial charge in [-0.25, -0.2) is 9.78 Å². The smallest absolute Gasteiger partial charge is 0.337 e. The highest BCUT2D eigenvalue weighted by atomic mass is 35.5. The van der Waals surface area contributed by atoms with Crippen molar-refractivity contribution in [2.45, 2.75) is 51.7 Å². The summed E-state index contributed by atoms with van der Waals surface area (Å²) in [6.45, 7) is 6.30. The van der Waals surface area contributed by atoms with Gasteiger partial charge in [0.15, 0.2) is 11.9 Å². The molecule has 0 spiro atoms. The first-order chi connectivity index (χ1) is 20.3. The van der Waals surface area contributed by atoms with Crippen molar-refractivity contribution in [1.82, 2.24) is 14.8 Å². The molecule has 2 aromatic heterocycles. The normalized spacial score (nSPS) is 16.9. The zero-order chi connectivity index (χ0) is 29.1. The first-order valence-electron chi connectivity index (χ1n) is 14.6. The lowest BCUT2D eigenvalue weighted by molar-refractivity contribution is -0.151. The molecule has 1 atom stereocenters. The van der Waals surface area contributed by atoms with E-state index in [1.54, 1.807) is 11.3 Å². The largest absolute Gasteiger partial charge is 0.479 e. The number of aliphatic carboxylic acids is 1.